The van der Waals surface area contributed by atoms with Crippen LogP contribution in [0.25, 0.3) is 17.0 Å². The molecule has 4 aromatic rings. The number of ether oxygens (including phenoxy) is 1. The van der Waals surface area contributed by atoms with Gasteiger partial charge in [-0.25, -0.2) is 4.98 Å². The van der Waals surface area contributed by atoms with Crippen molar-refractivity contribution in [3.63, 3.8) is 0 Å². The number of carbonyl (C=O) groups excluding carboxylic acids is 1. The number of amides is 1. The normalized spacial score (nSPS) is 12.1. The molecule has 4 rings (SSSR count). The largest absolute Gasteiger partial charge is 0.451 e. The zero-order valence-electron chi connectivity index (χ0n) is 19.7. The summed E-state index contributed by atoms with van der Waals surface area (Å²) in [6, 6.07) is 15.5. The summed E-state index contributed by atoms with van der Waals surface area (Å²) in [6.45, 7) is 8.18. The van der Waals surface area contributed by atoms with E-state index >= 15 is 0 Å². The van der Waals surface area contributed by atoms with Crippen LogP contribution in [0.1, 0.15) is 50.8 Å². The molecule has 0 aliphatic heterocycles. The second-order valence-corrected chi connectivity index (χ2v) is 8.47. The van der Waals surface area contributed by atoms with Gasteiger partial charge in [0.1, 0.15) is 5.75 Å². The first-order chi connectivity index (χ1) is 16.0. The number of anilines is 1. The van der Waals surface area contributed by atoms with E-state index in [0.717, 1.165) is 48.4 Å². The molecule has 1 atom stereocenters. The van der Waals surface area contributed by atoms with Gasteiger partial charge < -0.3 is 10.1 Å². The third-order valence-corrected chi connectivity index (χ3v) is 5.85. The summed E-state index contributed by atoms with van der Waals surface area (Å²) >= 11 is 0. The molecule has 7 nitrogen and oxygen atoms in total. The fourth-order valence-corrected chi connectivity index (χ4v) is 3.80. The van der Waals surface area contributed by atoms with Gasteiger partial charge in [-0.2, -0.15) is 0 Å². The number of rotatable bonds is 9. The van der Waals surface area contributed by atoms with Gasteiger partial charge in [0.05, 0.1) is 5.69 Å². The van der Waals surface area contributed by atoms with Crippen LogP contribution in [0.2, 0.25) is 0 Å². The lowest BCUT2D eigenvalue weighted by atomic mass is 9.98. The number of aromatic amines is 1. The van der Waals surface area contributed by atoms with E-state index in [4.69, 9.17) is 9.72 Å². The summed E-state index contributed by atoms with van der Waals surface area (Å²) < 4.78 is 7.72. The molecule has 1 unspecified atom stereocenters. The number of hydrogen-bond acceptors (Lipinski definition) is 4. The molecule has 0 aliphatic carbocycles. The monoisotopic (exact) mass is 445 g/mol. The SMILES string of the molecule is CCCCC(CC)C(=O)Nc1ccc(-c2nc3c(Oc4ccc(C)cc4)c(C)[nH]n3n2)cc1. The van der Waals surface area contributed by atoms with E-state index in [2.05, 4.69) is 29.4 Å². The number of H-pyrrole nitrogens is 1. The minimum Gasteiger partial charge on any atom is -0.451 e. The fourth-order valence-electron chi connectivity index (χ4n) is 3.80. The number of nitrogens with one attached hydrogen (secondary N) is 2. The fraction of sp³-hybridized carbons (Fsp3) is 0.346. The van der Waals surface area contributed by atoms with Crippen LogP contribution in [-0.2, 0) is 4.79 Å². The first-order valence-corrected chi connectivity index (χ1v) is 11.6. The highest BCUT2D eigenvalue weighted by Gasteiger charge is 2.18. The van der Waals surface area contributed by atoms with Crippen LogP contribution < -0.4 is 10.1 Å². The highest BCUT2D eigenvalue weighted by molar-refractivity contribution is 5.92. The zero-order chi connectivity index (χ0) is 23.4. The van der Waals surface area contributed by atoms with Crippen molar-refractivity contribution in [2.24, 2.45) is 5.92 Å². The summed E-state index contributed by atoms with van der Waals surface area (Å²) in [5.74, 6) is 2.12. The molecule has 2 heterocycles. The van der Waals surface area contributed by atoms with Crippen molar-refractivity contribution in [3.05, 3.63) is 59.8 Å². The molecule has 0 bridgehead atoms. The van der Waals surface area contributed by atoms with Gasteiger partial charge in [-0.3, -0.25) is 9.89 Å². The minimum atomic E-state index is 0.0514. The summed E-state index contributed by atoms with van der Waals surface area (Å²) in [6.07, 6.45) is 3.94. The lowest BCUT2D eigenvalue weighted by molar-refractivity contribution is -0.120. The number of aryl methyl sites for hydroxylation is 2. The van der Waals surface area contributed by atoms with Crippen LogP contribution >= 0.6 is 0 Å². The number of aromatic nitrogens is 4. The van der Waals surface area contributed by atoms with Gasteiger partial charge in [-0.15, -0.1) is 9.73 Å². The van der Waals surface area contributed by atoms with Crippen molar-refractivity contribution in [2.75, 3.05) is 5.32 Å². The minimum absolute atomic E-state index is 0.0514. The third-order valence-electron chi connectivity index (χ3n) is 5.85. The Labute approximate surface area is 194 Å². The second kappa shape index (κ2) is 9.90. The molecule has 2 N–H and O–H groups in total. The summed E-state index contributed by atoms with van der Waals surface area (Å²) in [7, 11) is 0. The molecule has 172 valence electrons. The van der Waals surface area contributed by atoms with E-state index in [1.165, 1.54) is 5.56 Å². The number of fused-ring (bicyclic) bond motifs is 1. The van der Waals surface area contributed by atoms with Crippen molar-refractivity contribution in [2.45, 2.75) is 53.4 Å². The number of nitrogens with zero attached hydrogens (tertiary/aromatic N) is 3. The molecule has 0 saturated heterocycles. The first kappa shape index (κ1) is 22.6. The van der Waals surface area contributed by atoms with Crippen molar-refractivity contribution in [1.82, 2.24) is 19.8 Å². The van der Waals surface area contributed by atoms with Crippen LogP contribution in [-0.4, -0.2) is 25.7 Å². The lowest BCUT2D eigenvalue weighted by Gasteiger charge is -2.14. The zero-order valence-corrected chi connectivity index (χ0v) is 19.7. The Kier molecular flexibility index (Phi) is 6.77. The molecule has 0 spiro atoms. The number of hydrogen-bond donors (Lipinski definition) is 2. The first-order valence-electron chi connectivity index (χ1n) is 11.6. The molecule has 2 aromatic heterocycles. The number of carbonyl (C=O) groups is 1. The Bertz CT molecular complexity index is 1220. The molecular weight excluding hydrogens is 414 g/mol. The summed E-state index contributed by atoms with van der Waals surface area (Å²) in [4.78, 5) is 17.3. The topological polar surface area (TPSA) is 84.3 Å². The van der Waals surface area contributed by atoms with Gasteiger partial charge in [0.2, 0.25) is 11.6 Å². The summed E-state index contributed by atoms with van der Waals surface area (Å²) in [5.41, 5.74) is 4.30. The average Bonchev–Trinajstić information content (AvgIpc) is 3.34. The van der Waals surface area contributed by atoms with Gasteiger partial charge in [-0.1, -0.05) is 44.4 Å². The van der Waals surface area contributed by atoms with Crippen LogP contribution in [0, 0.1) is 19.8 Å². The Balaban J connectivity index is 1.50. The van der Waals surface area contributed by atoms with E-state index in [-0.39, 0.29) is 11.8 Å². The lowest BCUT2D eigenvalue weighted by Crippen LogP contribution is -2.22. The standard InChI is InChI=1S/C26H31N5O2/c1-5-7-8-19(6-2)26(32)27-21-13-11-20(12-14-21)24-28-25-23(18(4)29-31(25)30-24)33-22-15-9-17(3)10-16-22/h9-16,19,29H,5-8H2,1-4H3,(H,27,32). The number of benzene rings is 2. The van der Waals surface area contributed by atoms with E-state index in [9.17, 15) is 4.79 Å². The highest BCUT2D eigenvalue weighted by atomic mass is 16.5. The molecule has 0 saturated carbocycles. The van der Waals surface area contributed by atoms with Gasteiger partial charge in [0, 0.05) is 17.2 Å². The van der Waals surface area contributed by atoms with Crippen LogP contribution in [0.4, 0.5) is 5.69 Å². The van der Waals surface area contributed by atoms with Crippen molar-refractivity contribution >= 4 is 17.2 Å². The van der Waals surface area contributed by atoms with Gasteiger partial charge in [0.15, 0.2) is 11.6 Å². The maximum Gasteiger partial charge on any atom is 0.227 e. The molecule has 33 heavy (non-hydrogen) atoms. The average molecular weight is 446 g/mol. The van der Waals surface area contributed by atoms with E-state index in [1.54, 1.807) is 4.63 Å². The van der Waals surface area contributed by atoms with Gasteiger partial charge in [0.25, 0.3) is 0 Å². The Morgan fingerprint density at radius 2 is 1.82 bits per heavy atom. The second-order valence-electron chi connectivity index (χ2n) is 8.47. The quantitative estimate of drug-likeness (QED) is 0.317. The predicted molar refractivity (Wildman–Crippen MR) is 131 cm³/mol. The molecule has 0 fully saturated rings. The van der Waals surface area contributed by atoms with E-state index in [1.807, 2.05) is 62.4 Å². The molecule has 2 aromatic carbocycles. The van der Waals surface area contributed by atoms with Crippen LogP contribution in [0.5, 0.6) is 11.5 Å². The van der Waals surface area contributed by atoms with Crippen molar-refractivity contribution in [1.29, 1.82) is 0 Å². The van der Waals surface area contributed by atoms with Crippen molar-refractivity contribution in [3.8, 4) is 22.9 Å². The predicted octanol–water partition coefficient (Wildman–Crippen LogP) is 6.29. The van der Waals surface area contributed by atoms with Gasteiger partial charge in [-0.05, 0) is 63.1 Å². The summed E-state index contributed by atoms with van der Waals surface area (Å²) in [5, 5.41) is 10.8. The van der Waals surface area contributed by atoms with Gasteiger partial charge >= 0.3 is 0 Å². The Morgan fingerprint density at radius 3 is 2.48 bits per heavy atom. The maximum absolute atomic E-state index is 12.6. The molecular formula is C26H31N5O2. The highest BCUT2D eigenvalue weighted by Crippen LogP contribution is 2.30. The maximum atomic E-state index is 12.6. The van der Waals surface area contributed by atoms with Crippen LogP contribution in [0.15, 0.2) is 48.5 Å². The molecule has 0 radical (unpaired) electrons. The third kappa shape index (κ3) is 5.08. The smallest absolute Gasteiger partial charge is 0.227 e. The van der Waals surface area contributed by atoms with E-state index < -0.39 is 0 Å². The molecule has 0 aliphatic rings. The van der Waals surface area contributed by atoms with E-state index in [0.29, 0.717) is 17.2 Å². The molecule has 7 heteroatoms. The Morgan fingerprint density at radius 1 is 1.09 bits per heavy atom. The number of unbranched alkanes of at least 4 members (excludes halogenated alkanes) is 1. The Hall–Kier alpha value is -3.61. The van der Waals surface area contributed by atoms with Crippen molar-refractivity contribution < 1.29 is 9.53 Å². The van der Waals surface area contributed by atoms with Crippen LogP contribution in [0.3, 0.4) is 0 Å². The molecule has 1 amide bonds.